The first kappa shape index (κ1) is 25.2. The second-order valence-corrected chi connectivity index (χ2v) is 11.5. The molecule has 4 bridgehead atoms. The Labute approximate surface area is 242 Å². The van der Waals surface area contributed by atoms with Crippen LogP contribution in [0.15, 0.2) is 61.3 Å². The van der Waals surface area contributed by atoms with Gasteiger partial charge in [0.25, 0.3) is 5.91 Å². The Hall–Kier alpha value is -4.53. The molecular weight excluding hydrogens is 532 g/mol. The van der Waals surface area contributed by atoms with Gasteiger partial charge in [-0.1, -0.05) is 0 Å². The van der Waals surface area contributed by atoms with Gasteiger partial charge in [0.1, 0.15) is 24.2 Å². The Bertz CT molecular complexity index is 1670. The predicted molar refractivity (Wildman–Crippen MR) is 153 cm³/mol. The zero-order valence-corrected chi connectivity index (χ0v) is 23.0. The number of nitriles is 1. The van der Waals surface area contributed by atoms with Crippen molar-refractivity contribution >= 4 is 17.2 Å². The molecule has 5 fully saturated rings. The molecule has 42 heavy (non-hydrogen) atoms. The highest BCUT2D eigenvalue weighted by Crippen LogP contribution is 2.36. The van der Waals surface area contributed by atoms with Gasteiger partial charge in [0, 0.05) is 61.9 Å². The second kappa shape index (κ2) is 10.1. The lowest BCUT2D eigenvalue weighted by Gasteiger charge is -2.56. The van der Waals surface area contributed by atoms with Crippen molar-refractivity contribution in [1.29, 1.82) is 5.26 Å². The molecule has 0 saturated carbocycles. The van der Waals surface area contributed by atoms with Crippen LogP contribution in [-0.2, 0) is 4.74 Å². The van der Waals surface area contributed by atoms with Crippen molar-refractivity contribution in [2.45, 2.75) is 37.1 Å². The summed E-state index contributed by atoms with van der Waals surface area (Å²) in [7, 11) is 0. The number of hydrogen-bond donors (Lipinski definition) is 0. The van der Waals surface area contributed by atoms with Crippen LogP contribution in [0.5, 0.6) is 5.75 Å². The van der Waals surface area contributed by atoms with Gasteiger partial charge in [0.15, 0.2) is 0 Å². The van der Waals surface area contributed by atoms with E-state index in [2.05, 4.69) is 26.0 Å². The first-order chi connectivity index (χ1) is 20.6. The molecule has 11 nitrogen and oxygen atoms in total. The fourth-order valence-corrected chi connectivity index (χ4v) is 7.01. The Morgan fingerprint density at radius 3 is 2.71 bits per heavy atom. The zero-order chi connectivity index (χ0) is 28.2. The molecule has 9 rings (SSSR count). The lowest BCUT2D eigenvalue weighted by atomic mass is 9.86. The van der Waals surface area contributed by atoms with Crippen molar-refractivity contribution in [2.24, 2.45) is 0 Å². The molecule has 0 aliphatic carbocycles. The van der Waals surface area contributed by atoms with Crippen molar-refractivity contribution in [1.82, 2.24) is 29.4 Å². The maximum atomic E-state index is 13.0. The fourth-order valence-electron chi connectivity index (χ4n) is 7.01. The van der Waals surface area contributed by atoms with E-state index in [-0.39, 0.29) is 18.0 Å². The van der Waals surface area contributed by atoms with Gasteiger partial charge in [-0.05, 0) is 43.2 Å². The number of morpholine rings is 1. The van der Waals surface area contributed by atoms with Gasteiger partial charge in [0.2, 0.25) is 0 Å². The third-order valence-corrected chi connectivity index (χ3v) is 9.09. The molecule has 0 radical (unpaired) electrons. The number of piperazine rings is 1. The highest BCUT2D eigenvalue weighted by molar-refractivity contribution is 5.95. The number of nitrogens with zero attached hydrogens (tertiary/aromatic N) is 8. The topological polar surface area (TPSA) is 112 Å². The van der Waals surface area contributed by atoms with Crippen LogP contribution < -0.4 is 9.64 Å². The summed E-state index contributed by atoms with van der Waals surface area (Å²) in [6.45, 7) is 4.69. The number of hydrogen-bond acceptors (Lipinski definition) is 9. The number of fused-ring (bicyclic) bond motifs is 5. The lowest BCUT2D eigenvalue weighted by molar-refractivity contribution is 0.00573. The molecule has 0 N–H and O–H groups in total. The maximum Gasteiger partial charge on any atom is 0.256 e. The first-order valence-corrected chi connectivity index (χ1v) is 14.5. The Morgan fingerprint density at radius 2 is 2.00 bits per heavy atom. The van der Waals surface area contributed by atoms with Crippen molar-refractivity contribution in [3.8, 4) is 22.9 Å². The standard InChI is InChI=1S/C31H30N8O3/c32-11-22-14-35-38-18-27(41-7-6-36-17-26-9-25(36)19-42-26)10-28(30(22)38)20-3-4-29(34-13-20)37-15-23-8-24(16-37)39(23)31(40)21-2-1-5-33-12-21/h1-5,10,12-14,18,23-26H,6-9,15-17,19H2. The molecular formula is C31H30N8O3. The number of carbonyl (C=O) groups is 1. The number of carbonyl (C=O) groups excluding carboxylic acids is 1. The van der Waals surface area contributed by atoms with E-state index < -0.39 is 0 Å². The smallest absolute Gasteiger partial charge is 0.256 e. The van der Waals surface area contributed by atoms with Crippen LogP contribution in [0.1, 0.15) is 28.8 Å². The van der Waals surface area contributed by atoms with E-state index in [9.17, 15) is 10.1 Å². The van der Waals surface area contributed by atoms with Gasteiger partial charge in [0.05, 0.1) is 53.8 Å². The van der Waals surface area contributed by atoms with E-state index in [1.165, 1.54) is 0 Å². The highest BCUT2D eigenvalue weighted by Gasteiger charge is 2.47. The lowest BCUT2D eigenvalue weighted by Crippen LogP contribution is -2.70. The minimum absolute atomic E-state index is 0.0502. The number of aromatic nitrogens is 4. The van der Waals surface area contributed by atoms with E-state index >= 15 is 0 Å². The molecule has 1 amide bonds. The summed E-state index contributed by atoms with van der Waals surface area (Å²) in [5.74, 6) is 1.63. The highest BCUT2D eigenvalue weighted by atomic mass is 16.5. The van der Waals surface area contributed by atoms with Gasteiger partial charge in [-0.3, -0.25) is 14.7 Å². The van der Waals surface area contributed by atoms with Crippen molar-refractivity contribution < 1.29 is 14.3 Å². The summed E-state index contributed by atoms with van der Waals surface area (Å²) >= 11 is 0. The van der Waals surface area contributed by atoms with E-state index in [4.69, 9.17) is 14.5 Å². The van der Waals surface area contributed by atoms with Crippen LogP contribution in [0, 0.1) is 11.3 Å². The van der Waals surface area contributed by atoms with Crippen LogP contribution in [0.25, 0.3) is 16.6 Å². The van der Waals surface area contributed by atoms with Gasteiger partial charge < -0.3 is 19.3 Å². The van der Waals surface area contributed by atoms with E-state index in [1.807, 2.05) is 41.6 Å². The van der Waals surface area contributed by atoms with E-state index in [0.29, 0.717) is 35.6 Å². The fraction of sp³-hybridized carbons (Fsp3) is 0.387. The molecule has 5 saturated heterocycles. The summed E-state index contributed by atoms with van der Waals surface area (Å²) in [5.41, 5.74) is 3.61. The van der Waals surface area contributed by atoms with Crippen LogP contribution >= 0.6 is 0 Å². The van der Waals surface area contributed by atoms with Gasteiger partial charge in [-0.25, -0.2) is 9.50 Å². The van der Waals surface area contributed by atoms with Gasteiger partial charge >= 0.3 is 0 Å². The molecule has 11 heteroatoms. The van der Waals surface area contributed by atoms with Crippen molar-refractivity contribution in [3.63, 3.8) is 0 Å². The molecule has 4 aromatic heterocycles. The van der Waals surface area contributed by atoms with E-state index in [0.717, 1.165) is 68.1 Å². The molecule has 0 aromatic carbocycles. The molecule has 4 unspecified atom stereocenters. The number of piperidine rings is 1. The van der Waals surface area contributed by atoms with Crippen molar-refractivity contribution in [3.05, 3.63) is 72.4 Å². The molecule has 5 aliphatic rings. The number of rotatable bonds is 7. The van der Waals surface area contributed by atoms with E-state index in [1.54, 1.807) is 29.2 Å². The quantitative estimate of drug-likeness (QED) is 0.336. The largest absolute Gasteiger partial charge is 0.491 e. The van der Waals surface area contributed by atoms with Crippen LogP contribution in [-0.4, -0.2) is 98.9 Å². The predicted octanol–water partition coefficient (Wildman–Crippen LogP) is 2.62. The second-order valence-electron chi connectivity index (χ2n) is 11.5. The third-order valence-electron chi connectivity index (χ3n) is 9.09. The number of likely N-dealkylation sites (tertiary alicyclic amines) is 1. The maximum absolute atomic E-state index is 13.0. The van der Waals surface area contributed by atoms with Crippen LogP contribution in [0.3, 0.4) is 0 Å². The zero-order valence-electron chi connectivity index (χ0n) is 23.0. The molecule has 5 aliphatic heterocycles. The summed E-state index contributed by atoms with van der Waals surface area (Å²) in [5, 5.41) is 14.2. The summed E-state index contributed by atoms with van der Waals surface area (Å²) in [6, 6.07) is 12.8. The van der Waals surface area contributed by atoms with Crippen LogP contribution in [0.4, 0.5) is 5.82 Å². The number of amides is 1. The minimum atomic E-state index is 0.0502. The average Bonchev–Trinajstić information content (AvgIpc) is 3.77. The SMILES string of the molecule is N#Cc1cnn2cc(OCCN3CC4CC3CO4)cc(-c3ccc(N4CC5CC(C4)N5C(=O)c4cccnc4)nc3)c12. The average molecular weight is 563 g/mol. The third kappa shape index (κ3) is 4.26. The summed E-state index contributed by atoms with van der Waals surface area (Å²) in [4.78, 5) is 28.6. The van der Waals surface area contributed by atoms with Gasteiger partial charge in [-0.15, -0.1) is 0 Å². The number of ether oxygens (including phenoxy) is 2. The van der Waals surface area contributed by atoms with Crippen LogP contribution in [0.2, 0.25) is 0 Å². The van der Waals surface area contributed by atoms with Gasteiger partial charge in [-0.2, -0.15) is 10.4 Å². The normalized spacial score (nSPS) is 24.5. The number of anilines is 1. The molecule has 212 valence electrons. The Morgan fingerprint density at radius 1 is 1.10 bits per heavy atom. The minimum Gasteiger partial charge on any atom is -0.491 e. The first-order valence-electron chi connectivity index (χ1n) is 14.5. The number of pyridine rings is 3. The van der Waals surface area contributed by atoms with Crippen molar-refractivity contribution in [2.75, 3.05) is 44.3 Å². The molecule has 9 heterocycles. The monoisotopic (exact) mass is 562 g/mol. The molecule has 0 spiro atoms. The Kier molecular flexibility index (Phi) is 6.05. The molecule has 4 atom stereocenters. The Balaban J connectivity index is 0.990. The summed E-state index contributed by atoms with van der Waals surface area (Å²) < 4.78 is 13.6. The molecule has 4 aromatic rings. The summed E-state index contributed by atoms with van der Waals surface area (Å²) in [6.07, 6.45) is 11.1.